The highest BCUT2D eigenvalue weighted by Gasteiger charge is 2.25. The fourth-order valence-electron chi connectivity index (χ4n) is 2.93. The topological polar surface area (TPSA) is 9.23 Å². The maximum atomic E-state index is 6.27. The molecule has 0 N–H and O–H groups in total. The number of rotatable bonds is 5. The number of halogens is 2. The summed E-state index contributed by atoms with van der Waals surface area (Å²) in [4.78, 5) is 0. The smallest absolute Gasteiger partial charge is 0.123 e. The summed E-state index contributed by atoms with van der Waals surface area (Å²) in [6.07, 6.45) is 3.33. The van der Waals surface area contributed by atoms with Gasteiger partial charge in [-0.2, -0.15) is 0 Å². The molecule has 2 atom stereocenters. The number of ether oxygens (including phenoxy) is 1. The predicted molar refractivity (Wildman–Crippen MR) is 91.6 cm³/mol. The zero-order chi connectivity index (χ0) is 14.7. The van der Waals surface area contributed by atoms with E-state index in [0.29, 0.717) is 5.92 Å². The average Bonchev–Trinajstić information content (AvgIpc) is 2.91. The van der Waals surface area contributed by atoms with Crippen molar-refractivity contribution in [1.29, 1.82) is 0 Å². The summed E-state index contributed by atoms with van der Waals surface area (Å²) in [5.41, 5.74) is 2.55. The third-order valence-electron chi connectivity index (χ3n) is 3.99. The van der Waals surface area contributed by atoms with Crippen LogP contribution in [0.4, 0.5) is 0 Å². The summed E-state index contributed by atoms with van der Waals surface area (Å²) in [6.45, 7) is 0. The van der Waals surface area contributed by atoms with E-state index >= 15 is 0 Å². The van der Waals surface area contributed by atoms with Gasteiger partial charge in [-0.15, -0.1) is 0 Å². The molecule has 0 fully saturated rings. The lowest BCUT2D eigenvalue weighted by molar-refractivity contribution is 0.199. The Balaban J connectivity index is 1.63. The molecule has 21 heavy (non-hydrogen) atoms. The number of fused-ring (bicyclic) bond motifs is 1. The summed E-state index contributed by atoms with van der Waals surface area (Å²) in [5.74, 6) is 1.58. The minimum Gasteiger partial charge on any atom is -0.490 e. The van der Waals surface area contributed by atoms with Crippen LogP contribution < -0.4 is 4.74 Å². The van der Waals surface area contributed by atoms with Crippen molar-refractivity contribution >= 4 is 27.5 Å². The van der Waals surface area contributed by atoms with Crippen LogP contribution in [-0.2, 0) is 12.8 Å². The molecule has 0 spiro atoms. The van der Waals surface area contributed by atoms with Crippen LogP contribution in [0.3, 0.4) is 0 Å². The molecular weight excluding hydrogens is 348 g/mol. The van der Waals surface area contributed by atoms with E-state index in [1.165, 1.54) is 11.1 Å². The zero-order valence-corrected chi connectivity index (χ0v) is 14.1. The molecule has 0 saturated carbocycles. The van der Waals surface area contributed by atoms with E-state index in [2.05, 4.69) is 46.3 Å². The Morgan fingerprint density at radius 1 is 1.14 bits per heavy atom. The van der Waals surface area contributed by atoms with Gasteiger partial charge in [0.1, 0.15) is 11.9 Å². The first-order valence-corrected chi connectivity index (χ1v) is 8.80. The van der Waals surface area contributed by atoms with Crippen molar-refractivity contribution in [3.8, 4) is 5.75 Å². The lowest BCUT2D eigenvalue weighted by atomic mass is 9.94. The van der Waals surface area contributed by atoms with E-state index in [1.807, 2.05) is 18.2 Å². The molecular formula is C18H18BrClO. The normalized spacial score (nSPS) is 18.1. The Hall–Kier alpha value is -0.990. The first-order valence-electron chi connectivity index (χ1n) is 7.30. The van der Waals surface area contributed by atoms with Crippen LogP contribution in [0.25, 0.3) is 0 Å². The van der Waals surface area contributed by atoms with Gasteiger partial charge in [-0.05, 0) is 42.0 Å². The average molecular weight is 366 g/mol. The van der Waals surface area contributed by atoms with E-state index in [9.17, 15) is 0 Å². The first kappa shape index (κ1) is 14.9. The first-order chi connectivity index (χ1) is 10.3. The van der Waals surface area contributed by atoms with Crippen LogP contribution >= 0.6 is 27.5 Å². The van der Waals surface area contributed by atoms with Crippen molar-refractivity contribution in [2.75, 3.05) is 5.33 Å². The van der Waals surface area contributed by atoms with Crippen LogP contribution in [-0.4, -0.2) is 11.4 Å². The molecule has 3 heteroatoms. The van der Waals surface area contributed by atoms with Crippen molar-refractivity contribution < 1.29 is 4.74 Å². The van der Waals surface area contributed by atoms with Gasteiger partial charge < -0.3 is 4.74 Å². The van der Waals surface area contributed by atoms with Crippen LogP contribution in [0.15, 0.2) is 48.5 Å². The van der Waals surface area contributed by atoms with Gasteiger partial charge in [0, 0.05) is 16.8 Å². The molecule has 0 amide bonds. The lowest BCUT2D eigenvalue weighted by Gasteiger charge is -2.19. The van der Waals surface area contributed by atoms with Crippen LogP contribution in [0.2, 0.25) is 5.02 Å². The molecule has 2 unspecified atom stereocenters. The van der Waals surface area contributed by atoms with Gasteiger partial charge in [0.05, 0.1) is 0 Å². The number of hydrogen-bond acceptors (Lipinski definition) is 1. The maximum absolute atomic E-state index is 6.27. The van der Waals surface area contributed by atoms with Crippen molar-refractivity contribution in [1.82, 2.24) is 0 Å². The number of benzene rings is 2. The Morgan fingerprint density at radius 2 is 1.90 bits per heavy atom. The largest absolute Gasteiger partial charge is 0.490 e. The molecule has 2 aromatic rings. The molecule has 0 aliphatic carbocycles. The molecule has 2 aromatic carbocycles. The Bertz CT molecular complexity index is 589. The third-order valence-corrected chi connectivity index (χ3v) is 5.28. The van der Waals surface area contributed by atoms with Gasteiger partial charge in [-0.1, -0.05) is 63.9 Å². The van der Waals surface area contributed by atoms with E-state index < -0.39 is 0 Å². The molecule has 1 heterocycles. The van der Waals surface area contributed by atoms with Crippen molar-refractivity contribution in [3.05, 3.63) is 64.7 Å². The highest BCUT2D eigenvalue weighted by molar-refractivity contribution is 9.09. The highest BCUT2D eigenvalue weighted by atomic mass is 79.9. The van der Waals surface area contributed by atoms with Gasteiger partial charge in [0.2, 0.25) is 0 Å². The van der Waals surface area contributed by atoms with E-state index in [4.69, 9.17) is 16.3 Å². The van der Waals surface area contributed by atoms with Gasteiger partial charge >= 0.3 is 0 Å². The van der Waals surface area contributed by atoms with Crippen molar-refractivity contribution in [2.45, 2.75) is 25.4 Å². The molecule has 1 aliphatic heterocycles. The molecule has 0 saturated heterocycles. The summed E-state index contributed by atoms with van der Waals surface area (Å²) < 4.78 is 6.05. The molecule has 0 radical (unpaired) electrons. The number of hydrogen-bond donors (Lipinski definition) is 0. The van der Waals surface area contributed by atoms with Crippen molar-refractivity contribution in [2.24, 2.45) is 5.92 Å². The monoisotopic (exact) mass is 364 g/mol. The molecule has 110 valence electrons. The van der Waals surface area contributed by atoms with Gasteiger partial charge in [-0.3, -0.25) is 0 Å². The Kier molecular flexibility index (Phi) is 4.87. The van der Waals surface area contributed by atoms with E-state index in [1.54, 1.807) is 0 Å². The van der Waals surface area contributed by atoms with Gasteiger partial charge in [0.15, 0.2) is 0 Å². The predicted octanol–water partition coefficient (Wildman–Crippen LogP) is 5.29. The fraction of sp³-hybridized carbons (Fsp3) is 0.333. The standard InChI is InChI=1S/C18H18BrClO/c19-12-13(9-14-5-1-3-7-17(14)20)10-16-11-15-6-2-4-8-18(15)21-16/h1-8,13,16H,9-12H2. The summed E-state index contributed by atoms with van der Waals surface area (Å²) in [5, 5.41) is 1.83. The molecule has 1 nitrogen and oxygen atoms in total. The SMILES string of the molecule is Clc1ccccc1CC(CBr)CC1Cc2ccccc2O1. The minimum atomic E-state index is 0.285. The van der Waals surface area contributed by atoms with Crippen LogP contribution in [0.5, 0.6) is 5.75 Å². The molecule has 0 bridgehead atoms. The maximum Gasteiger partial charge on any atom is 0.123 e. The summed E-state index contributed by atoms with van der Waals surface area (Å²) >= 11 is 9.91. The molecule has 3 rings (SSSR count). The quantitative estimate of drug-likeness (QED) is 0.654. The Morgan fingerprint density at radius 3 is 2.67 bits per heavy atom. The Labute approximate surface area is 139 Å². The highest BCUT2D eigenvalue weighted by Crippen LogP contribution is 2.32. The molecule has 1 aliphatic rings. The lowest BCUT2D eigenvalue weighted by Crippen LogP contribution is -2.20. The number of para-hydroxylation sites is 1. The van der Waals surface area contributed by atoms with Crippen LogP contribution in [0.1, 0.15) is 17.5 Å². The van der Waals surface area contributed by atoms with Gasteiger partial charge in [0.25, 0.3) is 0 Å². The second-order valence-corrected chi connectivity index (χ2v) is 6.66. The van der Waals surface area contributed by atoms with Crippen molar-refractivity contribution in [3.63, 3.8) is 0 Å². The van der Waals surface area contributed by atoms with E-state index in [-0.39, 0.29) is 6.10 Å². The third kappa shape index (κ3) is 3.61. The van der Waals surface area contributed by atoms with Crippen LogP contribution in [0, 0.1) is 5.92 Å². The number of alkyl halides is 1. The van der Waals surface area contributed by atoms with E-state index in [0.717, 1.165) is 35.4 Å². The second-order valence-electron chi connectivity index (χ2n) is 5.60. The van der Waals surface area contributed by atoms with Gasteiger partial charge in [-0.25, -0.2) is 0 Å². The summed E-state index contributed by atoms with van der Waals surface area (Å²) in [6, 6.07) is 16.4. The zero-order valence-electron chi connectivity index (χ0n) is 11.8. The second kappa shape index (κ2) is 6.85. The minimum absolute atomic E-state index is 0.285. The summed E-state index contributed by atoms with van der Waals surface area (Å²) in [7, 11) is 0. The fourth-order valence-corrected chi connectivity index (χ4v) is 3.64. The molecule has 0 aromatic heterocycles.